The van der Waals surface area contributed by atoms with Crippen LogP contribution < -0.4 is 5.32 Å². The molecule has 1 aliphatic rings. The van der Waals surface area contributed by atoms with Crippen LogP contribution in [0.25, 0.3) is 0 Å². The third-order valence-corrected chi connectivity index (χ3v) is 7.05. The lowest BCUT2D eigenvalue weighted by atomic mass is 10.0. The summed E-state index contributed by atoms with van der Waals surface area (Å²) in [5.41, 5.74) is 0.851. The SMILES string of the molecule is O=C(NCCN1CCCC[C@H]1CO)c1ccccc1S(=O)(=O)Cc1ccccc1. The molecule has 0 aliphatic carbocycles. The Kier molecular flexibility index (Phi) is 7.41. The number of likely N-dealkylation sites (tertiary alicyclic amines) is 1. The first-order chi connectivity index (χ1) is 14.0. The Bertz CT molecular complexity index is 915. The van der Waals surface area contributed by atoms with Gasteiger partial charge in [-0.3, -0.25) is 9.69 Å². The molecule has 3 rings (SSSR count). The molecule has 1 amide bonds. The quantitative estimate of drug-likeness (QED) is 0.689. The molecule has 1 saturated heterocycles. The molecule has 6 nitrogen and oxygen atoms in total. The molecule has 1 aliphatic heterocycles. The van der Waals surface area contributed by atoms with Crippen molar-refractivity contribution in [3.05, 3.63) is 65.7 Å². The molecule has 7 heteroatoms. The third-order valence-electron chi connectivity index (χ3n) is 5.31. The number of carbonyl (C=O) groups excluding carboxylic acids is 1. The van der Waals surface area contributed by atoms with Gasteiger partial charge < -0.3 is 10.4 Å². The topological polar surface area (TPSA) is 86.7 Å². The highest BCUT2D eigenvalue weighted by Gasteiger charge is 2.24. The van der Waals surface area contributed by atoms with E-state index in [4.69, 9.17) is 0 Å². The number of nitrogens with one attached hydrogen (secondary N) is 1. The lowest BCUT2D eigenvalue weighted by Gasteiger charge is -2.34. The minimum atomic E-state index is -3.65. The Hall–Kier alpha value is -2.22. The van der Waals surface area contributed by atoms with Crippen molar-refractivity contribution in [3.8, 4) is 0 Å². The number of amides is 1. The fourth-order valence-corrected chi connectivity index (χ4v) is 5.33. The Morgan fingerprint density at radius 1 is 1.07 bits per heavy atom. The molecule has 29 heavy (non-hydrogen) atoms. The highest BCUT2D eigenvalue weighted by Crippen LogP contribution is 2.21. The minimum absolute atomic E-state index is 0.0487. The number of aliphatic hydroxyl groups excluding tert-OH is 1. The van der Waals surface area contributed by atoms with Crippen LogP contribution in [0, 0.1) is 0 Å². The Labute approximate surface area is 172 Å². The van der Waals surface area contributed by atoms with E-state index in [1.165, 1.54) is 6.07 Å². The van der Waals surface area contributed by atoms with E-state index in [1.807, 2.05) is 6.07 Å². The van der Waals surface area contributed by atoms with Crippen LogP contribution in [0.5, 0.6) is 0 Å². The maximum Gasteiger partial charge on any atom is 0.252 e. The van der Waals surface area contributed by atoms with Gasteiger partial charge in [0.1, 0.15) is 0 Å². The van der Waals surface area contributed by atoms with Crippen LogP contribution >= 0.6 is 0 Å². The predicted molar refractivity (Wildman–Crippen MR) is 112 cm³/mol. The number of carbonyl (C=O) groups is 1. The molecule has 1 atom stereocenters. The summed E-state index contributed by atoms with van der Waals surface area (Å²) >= 11 is 0. The largest absolute Gasteiger partial charge is 0.395 e. The van der Waals surface area contributed by atoms with Crippen molar-refractivity contribution in [1.82, 2.24) is 10.2 Å². The Morgan fingerprint density at radius 2 is 1.79 bits per heavy atom. The van der Waals surface area contributed by atoms with E-state index in [1.54, 1.807) is 42.5 Å². The fraction of sp³-hybridized carbons (Fsp3) is 0.409. The van der Waals surface area contributed by atoms with E-state index >= 15 is 0 Å². The first-order valence-electron chi connectivity index (χ1n) is 10.00. The van der Waals surface area contributed by atoms with Gasteiger partial charge in [-0.2, -0.15) is 0 Å². The van der Waals surface area contributed by atoms with Crippen molar-refractivity contribution in [3.63, 3.8) is 0 Å². The molecule has 0 spiro atoms. The zero-order valence-corrected chi connectivity index (χ0v) is 17.3. The summed E-state index contributed by atoms with van der Waals surface area (Å²) in [4.78, 5) is 14.9. The van der Waals surface area contributed by atoms with Gasteiger partial charge in [0.15, 0.2) is 9.84 Å². The molecule has 0 radical (unpaired) electrons. The number of piperidine rings is 1. The van der Waals surface area contributed by atoms with Crippen LogP contribution in [0.3, 0.4) is 0 Å². The van der Waals surface area contributed by atoms with Gasteiger partial charge in [-0.25, -0.2) is 8.42 Å². The number of hydrogen-bond donors (Lipinski definition) is 2. The summed E-state index contributed by atoms with van der Waals surface area (Å²) in [5, 5.41) is 12.3. The molecule has 0 bridgehead atoms. The maximum atomic E-state index is 12.9. The van der Waals surface area contributed by atoms with Crippen LogP contribution in [-0.4, -0.2) is 56.6 Å². The second kappa shape index (κ2) is 10.0. The number of rotatable bonds is 8. The second-order valence-electron chi connectivity index (χ2n) is 7.36. The van der Waals surface area contributed by atoms with E-state index in [0.717, 1.165) is 25.8 Å². The zero-order valence-electron chi connectivity index (χ0n) is 16.5. The van der Waals surface area contributed by atoms with Gasteiger partial charge in [0.05, 0.1) is 22.8 Å². The summed E-state index contributed by atoms with van der Waals surface area (Å²) in [7, 11) is -3.65. The van der Waals surface area contributed by atoms with Crippen molar-refractivity contribution in [2.24, 2.45) is 0 Å². The summed E-state index contributed by atoms with van der Waals surface area (Å²) in [6, 6.07) is 15.4. The summed E-state index contributed by atoms with van der Waals surface area (Å²) < 4.78 is 25.8. The minimum Gasteiger partial charge on any atom is -0.395 e. The normalized spacial score (nSPS) is 17.8. The van der Waals surface area contributed by atoms with Gasteiger partial charge in [0.2, 0.25) is 0 Å². The number of aliphatic hydroxyl groups is 1. The molecule has 2 N–H and O–H groups in total. The highest BCUT2D eigenvalue weighted by molar-refractivity contribution is 7.90. The summed E-state index contributed by atoms with van der Waals surface area (Å²) in [6.07, 6.45) is 3.16. The Balaban J connectivity index is 1.67. The molecule has 1 fully saturated rings. The van der Waals surface area contributed by atoms with Crippen molar-refractivity contribution < 1.29 is 18.3 Å². The van der Waals surface area contributed by atoms with Crippen LogP contribution in [0.4, 0.5) is 0 Å². The van der Waals surface area contributed by atoms with Crippen LogP contribution in [0.2, 0.25) is 0 Å². The smallest absolute Gasteiger partial charge is 0.252 e. The van der Waals surface area contributed by atoms with E-state index in [-0.39, 0.29) is 28.9 Å². The number of sulfone groups is 1. The summed E-state index contributed by atoms with van der Waals surface area (Å²) in [6.45, 7) is 2.07. The van der Waals surface area contributed by atoms with Crippen molar-refractivity contribution in [2.45, 2.75) is 36.0 Å². The standard InChI is InChI=1S/C22H28N2O4S/c25-16-19-10-6-7-14-24(19)15-13-23-22(26)20-11-4-5-12-21(20)29(27,28)17-18-8-2-1-3-9-18/h1-5,8-9,11-12,19,25H,6-7,10,13-17H2,(H,23,26)/t19-/m0/s1. The molecule has 0 unspecified atom stereocenters. The number of hydrogen-bond acceptors (Lipinski definition) is 5. The molecule has 0 saturated carbocycles. The molecule has 2 aromatic carbocycles. The summed E-state index contributed by atoms with van der Waals surface area (Å²) in [5.74, 6) is -0.542. The van der Waals surface area contributed by atoms with E-state index in [0.29, 0.717) is 18.7 Å². The zero-order chi connectivity index (χ0) is 20.7. The molecule has 0 aromatic heterocycles. The fourth-order valence-electron chi connectivity index (χ4n) is 3.77. The lowest BCUT2D eigenvalue weighted by molar-refractivity contribution is 0.0847. The van der Waals surface area contributed by atoms with Crippen molar-refractivity contribution in [1.29, 1.82) is 0 Å². The maximum absolute atomic E-state index is 12.9. The molecule has 2 aromatic rings. The lowest BCUT2D eigenvalue weighted by Crippen LogP contribution is -2.45. The van der Waals surface area contributed by atoms with Gasteiger partial charge in [0, 0.05) is 19.1 Å². The van der Waals surface area contributed by atoms with Gasteiger partial charge in [0.25, 0.3) is 5.91 Å². The first kappa shape index (κ1) is 21.5. The van der Waals surface area contributed by atoms with Gasteiger partial charge in [-0.1, -0.05) is 48.9 Å². The van der Waals surface area contributed by atoms with Gasteiger partial charge in [-0.15, -0.1) is 0 Å². The van der Waals surface area contributed by atoms with E-state index in [9.17, 15) is 18.3 Å². The van der Waals surface area contributed by atoms with Crippen LogP contribution in [-0.2, 0) is 15.6 Å². The average Bonchev–Trinajstić information content (AvgIpc) is 2.74. The van der Waals surface area contributed by atoms with Gasteiger partial charge in [-0.05, 0) is 37.1 Å². The van der Waals surface area contributed by atoms with E-state index in [2.05, 4.69) is 10.2 Å². The van der Waals surface area contributed by atoms with Gasteiger partial charge >= 0.3 is 0 Å². The third kappa shape index (κ3) is 5.65. The molecular formula is C22H28N2O4S. The van der Waals surface area contributed by atoms with Crippen LogP contribution in [0.1, 0.15) is 35.2 Å². The number of nitrogens with zero attached hydrogens (tertiary/aromatic N) is 1. The monoisotopic (exact) mass is 416 g/mol. The highest BCUT2D eigenvalue weighted by atomic mass is 32.2. The Morgan fingerprint density at radius 3 is 2.55 bits per heavy atom. The molecule has 1 heterocycles. The van der Waals surface area contributed by atoms with Crippen molar-refractivity contribution >= 4 is 15.7 Å². The average molecular weight is 417 g/mol. The molecular weight excluding hydrogens is 388 g/mol. The number of benzene rings is 2. The predicted octanol–water partition coefficient (Wildman–Crippen LogP) is 2.24. The molecule has 156 valence electrons. The van der Waals surface area contributed by atoms with Crippen LogP contribution in [0.15, 0.2) is 59.5 Å². The second-order valence-corrected chi connectivity index (χ2v) is 9.32. The van der Waals surface area contributed by atoms with E-state index < -0.39 is 15.7 Å². The first-order valence-corrected chi connectivity index (χ1v) is 11.7. The van der Waals surface area contributed by atoms with Crippen molar-refractivity contribution in [2.75, 3.05) is 26.2 Å².